The fraction of sp³-hybridized carbons (Fsp3) is 0.647. The minimum absolute atomic E-state index is 0.755. The van der Waals surface area contributed by atoms with Crippen molar-refractivity contribution in [3.63, 3.8) is 0 Å². The molecule has 0 aliphatic rings. The number of hydrogen-bond acceptors (Lipinski definition) is 2. The molecule has 0 bridgehead atoms. The van der Waals surface area contributed by atoms with Gasteiger partial charge in [-0.2, -0.15) is 0 Å². The molecule has 2 N–H and O–H groups in total. The zero-order valence-electron chi connectivity index (χ0n) is 13.9. The summed E-state index contributed by atoms with van der Waals surface area (Å²) in [5, 5.41) is 6.70. The lowest BCUT2D eigenvalue weighted by atomic mass is 10.1. The van der Waals surface area contributed by atoms with Crippen molar-refractivity contribution < 1.29 is 0 Å². The molecular formula is C17H30N4. The summed E-state index contributed by atoms with van der Waals surface area (Å²) >= 11 is 0. The van der Waals surface area contributed by atoms with E-state index in [9.17, 15) is 0 Å². The van der Waals surface area contributed by atoms with Crippen molar-refractivity contribution in [3.8, 4) is 0 Å². The smallest absolute Gasteiger partial charge is 0.191 e. The normalized spacial score (nSPS) is 11.8. The molecular weight excluding hydrogens is 260 g/mol. The molecule has 1 aromatic heterocycles. The van der Waals surface area contributed by atoms with Gasteiger partial charge in [0.15, 0.2) is 5.96 Å². The quantitative estimate of drug-likeness (QED) is 0.440. The first-order valence-electron chi connectivity index (χ1n) is 8.05. The van der Waals surface area contributed by atoms with Crippen LogP contribution in [0.4, 0.5) is 0 Å². The summed E-state index contributed by atoms with van der Waals surface area (Å²) in [5.41, 5.74) is 2.59. The third kappa shape index (κ3) is 7.69. The van der Waals surface area contributed by atoms with Crippen LogP contribution in [-0.2, 0) is 6.42 Å². The van der Waals surface area contributed by atoms with E-state index in [1.807, 2.05) is 12.4 Å². The Morgan fingerprint density at radius 1 is 1.33 bits per heavy atom. The lowest BCUT2D eigenvalue weighted by Gasteiger charge is -2.12. The van der Waals surface area contributed by atoms with Gasteiger partial charge in [0.05, 0.1) is 0 Å². The Labute approximate surface area is 129 Å². The standard InChI is InChI=1S/C17H30N4/c1-5-19-17(20-10-6-7-14(2)3)21-12-9-16-8-11-18-13-15(16)4/h8,11,13-14H,5-7,9-10,12H2,1-4H3,(H2,19,20,21). The van der Waals surface area contributed by atoms with Gasteiger partial charge in [0.1, 0.15) is 0 Å². The van der Waals surface area contributed by atoms with E-state index in [0.717, 1.165) is 44.4 Å². The predicted octanol–water partition coefficient (Wildman–Crippen LogP) is 2.92. The van der Waals surface area contributed by atoms with E-state index in [2.05, 4.69) is 54.4 Å². The van der Waals surface area contributed by atoms with Gasteiger partial charge in [-0.3, -0.25) is 9.98 Å². The van der Waals surface area contributed by atoms with Crippen molar-refractivity contribution in [1.29, 1.82) is 0 Å². The molecule has 1 aromatic rings. The van der Waals surface area contributed by atoms with Crippen LogP contribution in [0.1, 0.15) is 44.7 Å². The van der Waals surface area contributed by atoms with Crippen molar-refractivity contribution in [3.05, 3.63) is 29.6 Å². The minimum Gasteiger partial charge on any atom is -0.357 e. The van der Waals surface area contributed by atoms with Gasteiger partial charge in [0.25, 0.3) is 0 Å². The largest absolute Gasteiger partial charge is 0.357 e. The molecule has 0 unspecified atom stereocenters. The third-order valence-corrected chi connectivity index (χ3v) is 3.38. The summed E-state index contributed by atoms with van der Waals surface area (Å²) < 4.78 is 0. The average molecular weight is 290 g/mol. The number of aliphatic imine (C=N–C) groups is 1. The monoisotopic (exact) mass is 290 g/mol. The van der Waals surface area contributed by atoms with Gasteiger partial charge in [0.2, 0.25) is 0 Å². The maximum Gasteiger partial charge on any atom is 0.191 e. The van der Waals surface area contributed by atoms with Gasteiger partial charge < -0.3 is 10.6 Å². The number of aryl methyl sites for hydroxylation is 1. The van der Waals surface area contributed by atoms with E-state index in [4.69, 9.17) is 0 Å². The summed E-state index contributed by atoms with van der Waals surface area (Å²) in [7, 11) is 0. The molecule has 0 saturated carbocycles. The van der Waals surface area contributed by atoms with Crippen molar-refractivity contribution in [2.45, 2.75) is 47.0 Å². The highest BCUT2D eigenvalue weighted by atomic mass is 15.2. The van der Waals surface area contributed by atoms with Crippen LogP contribution in [0.5, 0.6) is 0 Å². The maximum atomic E-state index is 4.62. The van der Waals surface area contributed by atoms with Gasteiger partial charge in [-0.05, 0) is 56.2 Å². The molecule has 1 rings (SSSR count). The molecule has 1 heterocycles. The third-order valence-electron chi connectivity index (χ3n) is 3.38. The Hall–Kier alpha value is -1.58. The van der Waals surface area contributed by atoms with Gasteiger partial charge in [-0.15, -0.1) is 0 Å². The molecule has 0 aliphatic heterocycles. The molecule has 0 spiro atoms. The Kier molecular flexibility index (Phi) is 8.48. The van der Waals surface area contributed by atoms with Crippen LogP contribution >= 0.6 is 0 Å². The molecule has 0 atom stereocenters. The van der Waals surface area contributed by atoms with Crippen LogP contribution in [0.15, 0.2) is 23.5 Å². The fourth-order valence-corrected chi connectivity index (χ4v) is 2.13. The topological polar surface area (TPSA) is 49.3 Å². The summed E-state index contributed by atoms with van der Waals surface area (Å²) in [5.74, 6) is 1.68. The predicted molar refractivity (Wildman–Crippen MR) is 90.7 cm³/mol. The Morgan fingerprint density at radius 3 is 2.81 bits per heavy atom. The SMILES string of the molecule is CCNC(=NCCCC(C)C)NCCc1ccncc1C. The highest BCUT2D eigenvalue weighted by molar-refractivity contribution is 5.79. The van der Waals surface area contributed by atoms with E-state index in [-0.39, 0.29) is 0 Å². The van der Waals surface area contributed by atoms with Crippen LogP contribution in [0.2, 0.25) is 0 Å². The molecule has 4 nitrogen and oxygen atoms in total. The minimum atomic E-state index is 0.755. The second-order valence-corrected chi connectivity index (χ2v) is 5.78. The van der Waals surface area contributed by atoms with Crippen LogP contribution in [0, 0.1) is 12.8 Å². The van der Waals surface area contributed by atoms with Crippen LogP contribution in [-0.4, -0.2) is 30.6 Å². The number of hydrogen-bond donors (Lipinski definition) is 2. The van der Waals surface area contributed by atoms with Gasteiger partial charge in [0, 0.05) is 32.0 Å². The molecule has 118 valence electrons. The molecule has 0 amide bonds. The summed E-state index contributed by atoms with van der Waals surface area (Å²) in [6.45, 7) is 11.4. The van der Waals surface area contributed by atoms with Crippen molar-refractivity contribution >= 4 is 5.96 Å². The van der Waals surface area contributed by atoms with Crippen molar-refractivity contribution in [1.82, 2.24) is 15.6 Å². The summed E-state index contributed by atoms with van der Waals surface area (Å²) in [4.78, 5) is 8.75. The van der Waals surface area contributed by atoms with Crippen molar-refractivity contribution in [2.75, 3.05) is 19.6 Å². The second kappa shape index (κ2) is 10.2. The zero-order chi connectivity index (χ0) is 15.5. The molecule has 0 aliphatic carbocycles. The van der Waals surface area contributed by atoms with E-state index < -0.39 is 0 Å². The number of rotatable bonds is 8. The van der Waals surface area contributed by atoms with Gasteiger partial charge >= 0.3 is 0 Å². The van der Waals surface area contributed by atoms with E-state index in [1.165, 1.54) is 17.5 Å². The van der Waals surface area contributed by atoms with E-state index >= 15 is 0 Å². The molecule has 4 heteroatoms. The van der Waals surface area contributed by atoms with Gasteiger partial charge in [-0.25, -0.2) is 0 Å². The van der Waals surface area contributed by atoms with E-state index in [1.54, 1.807) is 0 Å². The number of aromatic nitrogens is 1. The summed E-state index contributed by atoms with van der Waals surface area (Å²) in [6.07, 6.45) is 7.15. The summed E-state index contributed by atoms with van der Waals surface area (Å²) in [6, 6.07) is 2.09. The highest BCUT2D eigenvalue weighted by Crippen LogP contribution is 2.05. The number of nitrogens with zero attached hydrogens (tertiary/aromatic N) is 2. The Balaban J connectivity index is 2.36. The van der Waals surface area contributed by atoms with Crippen LogP contribution < -0.4 is 10.6 Å². The van der Waals surface area contributed by atoms with Crippen molar-refractivity contribution in [2.24, 2.45) is 10.9 Å². The lowest BCUT2D eigenvalue weighted by molar-refractivity contribution is 0.560. The van der Waals surface area contributed by atoms with E-state index in [0.29, 0.717) is 0 Å². The van der Waals surface area contributed by atoms with Gasteiger partial charge in [-0.1, -0.05) is 13.8 Å². The Morgan fingerprint density at radius 2 is 2.14 bits per heavy atom. The van der Waals surface area contributed by atoms with Crippen LogP contribution in [0.25, 0.3) is 0 Å². The molecule has 21 heavy (non-hydrogen) atoms. The first kappa shape index (κ1) is 17.5. The number of pyridine rings is 1. The maximum absolute atomic E-state index is 4.62. The number of guanidine groups is 1. The zero-order valence-corrected chi connectivity index (χ0v) is 13.9. The molecule has 0 saturated heterocycles. The Bertz CT molecular complexity index is 427. The first-order valence-corrected chi connectivity index (χ1v) is 8.05. The molecule has 0 fully saturated rings. The molecule has 0 aromatic carbocycles. The number of nitrogens with one attached hydrogen (secondary N) is 2. The lowest BCUT2D eigenvalue weighted by Crippen LogP contribution is -2.38. The molecule has 0 radical (unpaired) electrons. The average Bonchev–Trinajstić information content (AvgIpc) is 2.45. The fourth-order valence-electron chi connectivity index (χ4n) is 2.13. The second-order valence-electron chi connectivity index (χ2n) is 5.78. The highest BCUT2D eigenvalue weighted by Gasteiger charge is 2.00. The first-order chi connectivity index (χ1) is 10.1. The van der Waals surface area contributed by atoms with Crippen LogP contribution in [0.3, 0.4) is 0 Å².